The van der Waals surface area contributed by atoms with Crippen LogP contribution in [0.3, 0.4) is 0 Å². The van der Waals surface area contributed by atoms with Crippen LogP contribution in [0, 0.1) is 47.3 Å². The zero-order valence-electron chi connectivity index (χ0n) is 19.7. The van der Waals surface area contributed by atoms with Crippen LogP contribution in [-0.2, 0) is 19.2 Å². The molecule has 0 aromatic heterocycles. The van der Waals surface area contributed by atoms with Gasteiger partial charge in [0, 0.05) is 0 Å². The third-order valence-electron chi connectivity index (χ3n) is 9.00. The lowest BCUT2D eigenvalue weighted by Gasteiger charge is -2.60. The number of para-hydroxylation sites is 4. The molecular formula is C28H24N2O6. The van der Waals surface area contributed by atoms with Crippen molar-refractivity contribution in [3.8, 4) is 11.5 Å². The SMILES string of the molecule is COc1ccccc1N1C(=O)[C@@H]2[C@H]3C=C[C@H]([C@@H]2C1=O)[C@@H]1[C@H]2C(=O)N(c4ccccc4OC)C(=O)[C@@H]2[C@@H]31. The molecular weight excluding hydrogens is 460 g/mol. The summed E-state index contributed by atoms with van der Waals surface area (Å²) < 4.78 is 10.8. The van der Waals surface area contributed by atoms with Gasteiger partial charge in [-0.1, -0.05) is 36.4 Å². The summed E-state index contributed by atoms with van der Waals surface area (Å²) >= 11 is 0. The van der Waals surface area contributed by atoms with E-state index in [9.17, 15) is 19.2 Å². The van der Waals surface area contributed by atoms with Crippen molar-refractivity contribution in [3.63, 3.8) is 0 Å². The molecule has 0 N–H and O–H groups in total. The van der Waals surface area contributed by atoms with E-state index in [1.165, 1.54) is 24.0 Å². The van der Waals surface area contributed by atoms with Crippen LogP contribution < -0.4 is 19.3 Å². The van der Waals surface area contributed by atoms with Gasteiger partial charge in [-0.3, -0.25) is 19.2 Å². The van der Waals surface area contributed by atoms with Gasteiger partial charge in [0.25, 0.3) is 0 Å². The standard InChI is InChI=1S/C28H24N2O6/c1-35-17-9-5-3-7-15(17)29-25(31)21-13-11-12-14(22(21)26(29)32)20-19(13)23-24(20)28(34)30(27(23)33)16-8-4-6-10-18(16)36-2/h3-14,19-24H,1-2H3/t13-,14-,19-,20-,21-,22+,23+,24+/m0/s1. The van der Waals surface area contributed by atoms with Gasteiger partial charge in [-0.2, -0.15) is 0 Å². The van der Waals surface area contributed by atoms with E-state index in [0.717, 1.165) is 0 Å². The maximum Gasteiger partial charge on any atom is 0.238 e. The Balaban J connectivity index is 1.26. The molecule has 2 bridgehead atoms. The van der Waals surface area contributed by atoms with Crippen molar-refractivity contribution >= 4 is 35.0 Å². The Labute approximate surface area is 207 Å². The van der Waals surface area contributed by atoms with Crippen molar-refractivity contribution < 1.29 is 28.7 Å². The molecule has 0 spiro atoms. The molecule has 2 saturated heterocycles. The number of carbonyl (C=O) groups is 4. The number of nitrogens with zero attached hydrogens (tertiary/aromatic N) is 2. The summed E-state index contributed by atoms with van der Waals surface area (Å²) in [4.78, 5) is 57.2. The molecule has 2 aliphatic heterocycles. The van der Waals surface area contributed by atoms with Crippen molar-refractivity contribution in [2.75, 3.05) is 24.0 Å². The van der Waals surface area contributed by atoms with Crippen molar-refractivity contribution in [2.45, 2.75) is 0 Å². The summed E-state index contributed by atoms with van der Waals surface area (Å²) in [6, 6.07) is 14.0. The van der Waals surface area contributed by atoms with Crippen molar-refractivity contribution in [1.82, 2.24) is 0 Å². The molecule has 4 aliphatic carbocycles. The fourth-order valence-electron chi connectivity index (χ4n) is 7.70. The molecule has 4 amide bonds. The number of hydrogen-bond acceptors (Lipinski definition) is 6. The molecule has 8 atom stereocenters. The first-order chi connectivity index (χ1) is 17.5. The zero-order chi connectivity index (χ0) is 24.9. The summed E-state index contributed by atoms with van der Waals surface area (Å²) in [5.41, 5.74) is 0.877. The molecule has 0 radical (unpaired) electrons. The van der Waals surface area contributed by atoms with Gasteiger partial charge in [-0.15, -0.1) is 0 Å². The Kier molecular flexibility index (Phi) is 4.32. The fraction of sp³-hybridized carbons (Fsp3) is 0.357. The minimum absolute atomic E-state index is 0.142. The largest absolute Gasteiger partial charge is 0.495 e. The van der Waals surface area contributed by atoms with Crippen LogP contribution in [0.2, 0.25) is 0 Å². The van der Waals surface area contributed by atoms with E-state index in [1.54, 1.807) is 48.5 Å². The highest BCUT2D eigenvalue weighted by atomic mass is 16.5. The van der Waals surface area contributed by atoms with E-state index in [-0.39, 0.29) is 47.3 Å². The molecule has 8 heteroatoms. The van der Waals surface area contributed by atoms with Crippen LogP contribution >= 0.6 is 0 Å². The van der Waals surface area contributed by atoms with E-state index in [2.05, 4.69) is 0 Å². The Hall–Kier alpha value is -3.94. The van der Waals surface area contributed by atoms with Crippen LogP contribution in [0.4, 0.5) is 11.4 Å². The molecule has 2 saturated carbocycles. The van der Waals surface area contributed by atoms with Gasteiger partial charge in [0.1, 0.15) is 11.5 Å². The smallest absolute Gasteiger partial charge is 0.238 e. The van der Waals surface area contributed by atoms with Gasteiger partial charge in [0.05, 0.1) is 49.3 Å². The first-order valence-corrected chi connectivity index (χ1v) is 12.2. The predicted octanol–water partition coefficient (Wildman–Crippen LogP) is 2.68. The lowest BCUT2D eigenvalue weighted by atomic mass is 9.40. The van der Waals surface area contributed by atoms with Crippen LogP contribution in [-0.4, -0.2) is 37.8 Å². The zero-order valence-corrected chi connectivity index (χ0v) is 19.7. The highest BCUT2D eigenvalue weighted by Gasteiger charge is 2.75. The number of methoxy groups -OCH3 is 2. The Morgan fingerprint density at radius 2 is 0.917 bits per heavy atom. The van der Waals surface area contributed by atoms with Crippen molar-refractivity contribution in [2.24, 2.45) is 47.3 Å². The molecule has 182 valence electrons. The van der Waals surface area contributed by atoms with Crippen molar-refractivity contribution in [1.29, 1.82) is 0 Å². The maximum atomic E-state index is 13.7. The number of allylic oxidation sites excluding steroid dienone is 2. The topological polar surface area (TPSA) is 93.2 Å². The number of anilines is 2. The van der Waals surface area contributed by atoms with Gasteiger partial charge >= 0.3 is 0 Å². The van der Waals surface area contributed by atoms with Crippen molar-refractivity contribution in [3.05, 3.63) is 60.7 Å². The van der Waals surface area contributed by atoms with Crippen LogP contribution in [0.5, 0.6) is 11.5 Å². The summed E-state index contributed by atoms with van der Waals surface area (Å²) in [5, 5.41) is 0. The molecule has 2 heterocycles. The fourth-order valence-corrected chi connectivity index (χ4v) is 7.70. The Morgan fingerprint density at radius 3 is 1.31 bits per heavy atom. The lowest BCUT2D eigenvalue weighted by Crippen LogP contribution is -2.63. The van der Waals surface area contributed by atoms with Crippen LogP contribution in [0.1, 0.15) is 0 Å². The maximum absolute atomic E-state index is 13.7. The van der Waals surface area contributed by atoms with E-state index >= 15 is 0 Å². The van der Waals surface area contributed by atoms with Crippen LogP contribution in [0.25, 0.3) is 0 Å². The highest BCUT2D eigenvalue weighted by molar-refractivity contribution is 6.25. The van der Waals surface area contributed by atoms with E-state index in [0.29, 0.717) is 22.9 Å². The number of hydrogen-bond donors (Lipinski definition) is 0. The molecule has 2 aromatic carbocycles. The molecule has 8 nitrogen and oxygen atoms in total. The summed E-state index contributed by atoms with van der Waals surface area (Å²) in [6.07, 6.45) is 4.01. The van der Waals surface area contributed by atoms with Crippen LogP contribution in [0.15, 0.2) is 60.7 Å². The summed E-state index contributed by atoms with van der Waals surface area (Å²) in [5.74, 6) is -2.97. The third kappa shape index (κ3) is 2.39. The highest BCUT2D eigenvalue weighted by Crippen LogP contribution is 2.68. The third-order valence-corrected chi connectivity index (χ3v) is 9.00. The number of imide groups is 2. The lowest BCUT2D eigenvalue weighted by molar-refractivity contribution is -0.166. The second-order valence-electron chi connectivity index (χ2n) is 10.2. The average Bonchev–Trinajstić information content (AvgIpc) is 3.27. The van der Waals surface area contributed by atoms with Gasteiger partial charge in [0.2, 0.25) is 23.6 Å². The van der Waals surface area contributed by atoms with E-state index < -0.39 is 23.7 Å². The van der Waals surface area contributed by atoms with Gasteiger partial charge in [-0.05, 0) is 47.9 Å². The number of fused-ring (bicyclic) bond motifs is 1. The number of amides is 4. The normalized spacial score (nSPS) is 35.5. The number of benzene rings is 2. The molecule has 6 aliphatic rings. The predicted molar refractivity (Wildman–Crippen MR) is 128 cm³/mol. The van der Waals surface area contributed by atoms with E-state index in [4.69, 9.17) is 9.47 Å². The number of rotatable bonds is 4. The minimum atomic E-state index is -0.539. The summed E-state index contributed by atoms with van der Waals surface area (Å²) in [6.45, 7) is 0. The monoisotopic (exact) mass is 484 g/mol. The van der Waals surface area contributed by atoms with Gasteiger partial charge in [-0.25, -0.2) is 9.80 Å². The quantitative estimate of drug-likeness (QED) is 0.489. The number of carbonyl (C=O) groups excluding carboxylic acids is 4. The first-order valence-electron chi connectivity index (χ1n) is 12.2. The van der Waals surface area contributed by atoms with Gasteiger partial charge < -0.3 is 9.47 Å². The molecule has 0 unspecified atom stereocenters. The molecule has 4 fully saturated rings. The van der Waals surface area contributed by atoms with E-state index in [1.807, 2.05) is 12.2 Å². The average molecular weight is 485 g/mol. The molecule has 8 rings (SSSR count). The Morgan fingerprint density at radius 1 is 0.556 bits per heavy atom. The summed E-state index contributed by atoms with van der Waals surface area (Å²) in [7, 11) is 3.02. The number of ether oxygens (including phenoxy) is 2. The second kappa shape index (κ2) is 7.29. The Bertz CT molecular complexity index is 1330. The first kappa shape index (κ1) is 21.4. The molecule has 2 aromatic rings. The minimum Gasteiger partial charge on any atom is -0.495 e. The second-order valence-corrected chi connectivity index (χ2v) is 10.2. The molecule has 36 heavy (non-hydrogen) atoms. The van der Waals surface area contributed by atoms with Gasteiger partial charge in [0.15, 0.2) is 0 Å².